The summed E-state index contributed by atoms with van der Waals surface area (Å²) >= 11 is 7.66. The van der Waals surface area contributed by atoms with E-state index < -0.39 is 0 Å². The second-order valence-corrected chi connectivity index (χ2v) is 8.66. The summed E-state index contributed by atoms with van der Waals surface area (Å²) in [5.41, 5.74) is 2.79. The van der Waals surface area contributed by atoms with Gasteiger partial charge in [-0.05, 0) is 47.5 Å². The number of urea groups is 1. The lowest BCUT2D eigenvalue weighted by Crippen LogP contribution is -2.34. The highest BCUT2D eigenvalue weighted by Crippen LogP contribution is 2.41. The number of carbonyl (C=O) groups excluding carboxylic acids is 1. The number of carbonyl (C=O) groups is 1. The van der Waals surface area contributed by atoms with Crippen molar-refractivity contribution in [3.63, 3.8) is 0 Å². The number of halogens is 1. The van der Waals surface area contributed by atoms with Gasteiger partial charge in [0.25, 0.3) is 0 Å². The number of amides is 2. The minimum absolute atomic E-state index is 0.0997. The monoisotopic (exact) mass is 454 g/mol. The predicted molar refractivity (Wildman–Crippen MR) is 126 cm³/mol. The second kappa shape index (κ2) is 9.98. The van der Waals surface area contributed by atoms with E-state index in [4.69, 9.17) is 21.1 Å². The third-order valence-electron chi connectivity index (χ3n) is 4.96. The van der Waals surface area contributed by atoms with Crippen LogP contribution in [-0.2, 0) is 6.61 Å². The van der Waals surface area contributed by atoms with Gasteiger partial charge in [0.05, 0.1) is 7.11 Å². The second-order valence-electron chi connectivity index (χ2n) is 7.04. The molecule has 5 nitrogen and oxygen atoms in total. The molecule has 3 aromatic rings. The summed E-state index contributed by atoms with van der Waals surface area (Å²) < 4.78 is 11.5. The van der Waals surface area contributed by atoms with Crippen molar-refractivity contribution in [3.05, 3.63) is 88.9 Å². The topological polar surface area (TPSA) is 50.8 Å². The van der Waals surface area contributed by atoms with Crippen molar-refractivity contribution in [2.75, 3.05) is 24.7 Å². The fraction of sp³-hybridized carbons (Fsp3) is 0.208. The number of methoxy groups -OCH3 is 1. The highest BCUT2D eigenvalue weighted by Gasteiger charge is 2.31. The summed E-state index contributed by atoms with van der Waals surface area (Å²) in [5.74, 6) is 2.19. The molecular formula is C24H23ClN2O3S. The zero-order valence-corrected chi connectivity index (χ0v) is 18.7. The molecular weight excluding hydrogens is 432 g/mol. The largest absolute Gasteiger partial charge is 0.493 e. The molecule has 0 aromatic heterocycles. The molecule has 1 aliphatic heterocycles. The van der Waals surface area contributed by atoms with Crippen LogP contribution in [-0.4, -0.2) is 30.3 Å². The van der Waals surface area contributed by atoms with Crippen LogP contribution < -0.4 is 14.8 Å². The lowest BCUT2D eigenvalue weighted by molar-refractivity contribution is 0.214. The molecule has 0 radical (unpaired) electrons. The van der Waals surface area contributed by atoms with Gasteiger partial charge < -0.3 is 19.7 Å². The Labute approximate surface area is 191 Å². The lowest BCUT2D eigenvalue weighted by Gasteiger charge is -2.25. The van der Waals surface area contributed by atoms with Crippen LogP contribution in [0.1, 0.15) is 16.5 Å². The summed E-state index contributed by atoms with van der Waals surface area (Å²) in [5, 5.41) is 3.49. The molecule has 0 saturated carbocycles. The Morgan fingerprint density at radius 1 is 1.10 bits per heavy atom. The van der Waals surface area contributed by atoms with Crippen LogP contribution in [0.2, 0.25) is 5.02 Å². The highest BCUT2D eigenvalue weighted by molar-refractivity contribution is 7.99. The Morgan fingerprint density at radius 3 is 2.61 bits per heavy atom. The first kappa shape index (κ1) is 21.4. The first-order valence-corrected chi connectivity index (χ1v) is 11.4. The first-order valence-electron chi connectivity index (χ1n) is 9.93. The number of nitrogens with one attached hydrogen (secondary N) is 1. The maximum atomic E-state index is 12.9. The Morgan fingerprint density at radius 2 is 1.87 bits per heavy atom. The average molecular weight is 455 g/mol. The average Bonchev–Trinajstić information content (AvgIpc) is 3.30. The normalized spacial score (nSPS) is 15.5. The number of rotatable bonds is 6. The van der Waals surface area contributed by atoms with E-state index in [9.17, 15) is 4.79 Å². The predicted octanol–water partition coefficient (Wildman–Crippen LogP) is 6.21. The fourth-order valence-corrected chi connectivity index (χ4v) is 4.75. The maximum Gasteiger partial charge on any atom is 0.323 e. The van der Waals surface area contributed by atoms with Gasteiger partial charge in [0.2, 0.25) is 0 Å². The molecule has 1 atom stereocenters. The number of nitrogens with zero attached hydrogens (tertiary/aromatic N) is 1. The van der Waals surface area contributed by atoms with Crippen LogP contribution in [0.15, 0.2) is 72.8 Å². The third-order valence-corrected chi connectivity index (χ3v) is 6.47. The summed E-state index contributed by atoms with van der Waals surface area (Å²) in [7, 11) is 1.63. The van der Waals surface area contributed by atoms with Crippen molar-refractivity contribution in [2.24, 2.45) is 0 Å². The number of hydrogen-bond acceptors (Lipinski definition) is 4. The molecule has 1 heterocycles. The van der Waals surface area contributed by atoms with E-state index in [0.717, 1.165) is 16.9 Å². The molecule has 7 heteroatoms. The van der Waals surface area contributed by atoms with Gasteiger partial charge in [-0.2, -0.15) is 0 Å². The van der Waals surface area contributed by atoms with Gasteiger partial charge in [0.15, 0.2) is 11.5 Å². The standard InChI is InChI=1S/C24H23ClN2O3S/c1-29-21-12-7-18(15-22(21)30-16-17-5-3-2-4-6-17)23-27(13-14-31-23)24(28)26-20-10-8-19(25)9-11-20/h2-12,15,23H,13-14,16H2,1H3,(H,26,28). The summed E-state index contributed by atoms with van der Waals surface area (Å²) in [4.78, 5) is 14.8. The molecule has 1 unspecified atom stereocenters. The van der Waals surface area contributed by atoms with E-state index in [1.165, 1.54) is 0 Å². The molecule has 160 valence electrons. The minimum atomic E-state index is -0.139. The van der Waals surface area contributed by atoms with Crippen LogP contribution in [0.4, 0.5) is 10.5 Å². The quantitative estimate of drug-likeness (QED) is 0.481. The van der Waals surface area contributed by atoms with Gasteiger partial charge in [0, 0.05) is 23.0 Å². The van der Waals surface area contributed by atoms with Crippen LogP contribution in [0, 0.1) is 0 Å². The molecule has 31 heavy (non-hydrogen) atoms. The van der Waals surface area contributed by atoms with Gasteiger partial charge in [-0.25, -0.2) is 4.79 Å². The molecule has 1 N–H and O–H groups in total. The Kier molecular flexibility index (Phi) is 6.89. The SMILES string of the molecule is COc1ccc(C2SCCN2C(=O)Nc2ccc(Cl)cc2)cc1OCc1ccccc1. The zero-order chi connectivity index (χ0) is 21.6. The zero-order valence-electron chi connectivity index (χ0n) is 17.1. The van der Waals surface area contributed by atoms with Gasteiger partial charge in [0.1, 0.15) is 12.0 Å². The van der Waals surface area contributed by atoms with E-state index in [1.54, 1.807) is 43.1 Å². The third kappa shape index (κ3) is 5.27. The molecule has 0 spiro atoms. The van der Waals surface area contributed by atoms with E-state index in [0.29, 0.717) is 35.4 Å². The van der Waals surface area contributed by atoms with Crippen molar-refractivity contribution in [1.82, 2.24) is 4.90 Å². The van der Waals surface area contributed by atoms with Crippen LogP contribution >= 0.6 is 23.4 Å². The van der Waals surface area contributed by atoms with E-state index in [-0.39, 0.29) is 11.4 Å². The van der Waals surface area contributed by atoms with Crippen molar-refractivity contribution in [2.45, 2.75) is 12.0 Å². The lowest BCUT2D eigenvalue weighted by atomic mass is 10.1. The summed E-state index contributed by atoms with van der Waals surface area (Å²) in [6, 6.07) is 22.8. The Balaban J connectivity index is 1.50. The molecule has 1 fully saturated rings. The van der Waals surface area contributed by atoms with Crippen LogP contribution in [0.5, 0.6) is 11.5 Å². The molecule has 4 rings (SSSR count). The van der Waals surface area contributed by atoms with Gasteiger partial charge in [-0.1, -0.05) is 48.0 Å². The Hall–Kier alpha value is -2.83. The van der Waals surface area contributed by atoms with Crippen LogP contribution in [0.25, 0.3) is 0 Å². The molecule has 1 saturated heterocycles. The number of thioether (sulfide) groups is 1. The molecule has 1 aliphatic rings. The molecule has 2 amide bonds. The minimum Gasteiger partial charge on any atom is -0.493 e. The fourth-order valence-electron chi connectivity index (χ4n) is 3.38. The van der Waals surface area contributed by atoms with Gasteiger partial charge in [-0.15, -0.1) is 11.8 Å². The number of anilines is 1. The van der Waals surface area contributed by atoms with Crippen molar-refractivity contribution in [3.8, 4) is 11.5 Å². The summed E-state index contributed by atoms with van der Waals surface area (Å²) in [6.07, 6.45) is 0. The Bertz CT molecular complexity index is 1030. The first-order chi connectivity index (χ1) is 15.1. The summed E-state index contributed by atoms with van der Waals surface area (Å²) in [6.45, 7) is 1.11. The smallest absolute Gasteiger partial charge is 0.323 e. The van der Waals surface area contributed by atoms with E-state index in [1.807, 2.05) is 53.4 Å². The van der Waals surface area contributed by atoms with Crippen molar-refractivity contribution in [1.29, 1.82) is 0 Å². The van der Waals surface area contributed by atoms with Gasteiger partial charge in [-0.3, -0.25) is 0 Å². The van der Waals surface area contributed by atoms with Gasteiger partial charge >= 0.3 is 6.03 Å². The molecule has 0 aliphatic carbocycles. The number of benzene rings is 3. The number of ether oxygens (including phenoxy) is 2. The molecule has 3 aromatic carbocycles. The maximum absolute atomic E-state index is 12.9. The van der Waals surface area contributed by atoms with Crippen LogP contribution in [0.3, 0.4) is 0 Å². The number of hydrogen-bond donors (Lipinski definition) is 1. The van der Waals surface area contributed by atoms with E-state index in [2.05, 4.69) is 5.32 Å². The van der Waals surface area contributed by atoms with Crippen molar-refractivity contribution < 1.29 is 14.3 Å². The highest BCUT2D eigenvalue weighted by atomic mass is 35.5. The van der Waals surface area contributed by atoms with Crippen molar-refractivity contribution >= 4 is 35.1 Å². The molecule has 0 bridgehead atoms. The van der Waals surface area contributed by atoms with E-state index >= 15 is 0 Å².